The molecule has 4 aliphatic heterocycles. The topological polar surface area (TPSA) is 146 Å². The highest BCUT2D eigenvalue weighted by Gasteiger charge is 2.54. The first-order chi connectivity index (χ1) is 26.4. The molecule has 3 aromatic rings. The van der Waals surface area contributed by atoms with Crippen molar-refractivity contribution in [2.24, 2.45) is 5.41 Å². The SMILES string of the molecule is CCOc1cc(C(CS(C)(=O)=O)N2C(=O)c3cccc(N4CCN(C5CC6(C5)CN(c5ccc(C7CCC(=O)NC7=O)cc5)C6)CC4)c3C2=O)ccc1OC. The van der Waals surface area contributed by atoms with Gasteiger partial charge < -0.3 is 19.3 Å². The normalized spacial score (nSPS) is 21.9. The Hall–Kier alpha value is -4.95. The number of imide groups is 2. The Kier molecular flexibility index (Phi) is 9.61. The molecule has 13 nitrogen and oxygen atoms in total. The molecular weight excluding hydrogens is 723 g/mol. The lowest BCUT2D eigenvalue weighted by Crippen LogP contribution is -2.68. The fourth-order valence-electron chi connectivity index (χ4n) is 9.27. The number of benzene rings is 3. The van der Waals surface area contributed by atoms with Gasteiger partial charge in [-0.05, 0) is 73.7 Å². The molecule has 5 aliphatic rings. The van der Waals surface area contributed by atoms with Crippen LogP contribution in [0.4, 0.5) is 11.4 Å². The van der Waals surface area contributed by atoms with Gasteiger partial charge in [0.2, 0.25) is 11.8 Å². The molecule has 0 radical (unpaired) electrons. The van der Waals surface area contributed by atoms with Gasteiger partial charge in [0.25, 0.3) is 11.8 Å². The second-order valence-electron chi connectivity index (χ2n) is 15.7. The van der Waals surface area contributed by atoms with E-state index in [-0.39, 0.29) is 23.3 Å². The van der Waals surface area contributed by atoms with Gasteiger partial charge in [-0.25, -0.2) is 8.42 Å². The predicted molar refractivity (Wildman–Crippen MR) is 207 cm³/mol. The number of piperazine rings is 1. The van der Waals surface area contributed by atoms with Crippen molar-refractivity contribution in [3.05, 3.63) is 82.9 Å². The van der Waals surface area contributed by atoms with E-state index >= 15 is 0 Å². The Morgan fingerprint density at radius 3 is 2.27 bits per heavy atom. The van der Waals surface area contributed by atoms with E-state index in [0.29, 0.717) is 72.3 Å². The highest BCUT2D eigenvalue weighted by molar-refractivity contribution is 7.90. The maximum absolute atomic E-state index is 14.3. The molecule has 1 aliphatic carbocycles. The van der Waals surface area contributed by atoms with Gasteiger partial charge in [-0.3, -0.25) is 34.3 Å². The zero-order chi connectivity index (χ0) is 38.6. The Morgan fingerprint density at radius 2 is 1.62 bits per heavy atom. The number of ether oxygens (including phenoxy) is 2. The summed E-state index contributed by atoms with van der Waals surface area (Å²) >= 11 is 0. The van der Waals surface area contributed by atoms with E-state index in [1.807, 2.05) is 25.1 Å². The third kappa shape index (κ3) is 6.94. The maximum Gasteiger partial charge on any atom is 0.264 e. The van der Waals surface area contributed by atoms with Crippen molar-refractivity contribution < 1.29 is 37.1 Å². The number of nitrogens with zero attached hydrogens (tertiary/aromatic N) is 4. The second kappa shape index (κ2) is 14.3. The maximum atomic E-state index is 14.3. The minimum atomic E-state index is -3.62. The van der Waals surface area contributed by atoms with Crippen LogP contribution in [0.3, 0.4) is 0 Å². The molecule has 0 bridgehead atoms. The lowest BCUT2D eigenvalue weighted by Gasteiger charge is -2.62. The van der Waals surface area contributed by atoms with Crippen LogP contribution in [0, 0.1) is 5.41 Å². The van der Waals surface area contributed by atoms with E-state index in [0.717, 1.165) is 61.4 Å². The standard InChI is InChI=1S/C41H47N5O8S/c1-4-54-35-20-27(10-14-34(35)53-2)33(23-55(3,51)52)46-39(49)31-6-5-7-32(37(31)40(46)50)44-18-16-43(17-19-44)29-21-41(22-29)24-45(25-41)28-11-8-26(9-12-28)30-13-15-36(47)42-38(30)48/h5-12,14,20,29-30,33H,4,13,15-19,21-25H2,1-3H3,(H,42,47,48). The first kappa shape index (κ1) is 37.0. The monoisotopic (exact) mass is 769 g/mol. The van der Waals surface area contributed by atoms with E-state index in [1.54, 1.807) is 30.3 Å². The van der Waals surface area contributed by atoms with Crippen LogP contribution in [0.1, 0.15) is 76.4 Å². The number of hydrogen-bond acceptors (Lipinski definition) is 11. The third-order valence-corrected chi connectivity index (χ3v) is 13.0. The van der Waals surface area contributed by atoms with Crippen molar-refractivity contribution in [3.8, 4) is 11.5 Å². The Morgan fingerprint density at radius 1 is 0.891 bits per heavy atom. The first-order valence-electron chi connectivity index (χ1n) is 19.0. The van der Waals surface area contributed by atoms with Crippen LogP contribution in [0.25, 0.3) is 0 Å². The van der Waals surface area contributed by atoms with Crippen molar-refractivity contribution in [1.82, 2.24) is 15.1 Å². The smallest absolute Gasteiger partial charge is 0.264 e. The minimum absolute atomic E-state index is 0.202. The van der Waals surface area contributed by atoms with Gasteiger partial charge in [-0.1, -0.05) is 24.3 Å². The summed E-state index contributed by atoms with van der Waals surface area (Å²) in [5, 5.41) is 2.45. The highest BCUT2D eigenvalue weighted by atomic mass is 32.2. The van der Waals surface area contributed by atoms with Gasteiger partial charge in [0.15, 0.2) is 11.5 Å². The molecule has 1 N–H and O–H groups in total. The second-order valence-corrected chi connectivity index (χ2v) is 17.9. The Bertz CT molecular complexity index is 2140. The predicted octanol–water partition coefficient (Wildman–Crippen LogP) is 3.79. The molecule has 2 unspecified atom stereocenters. The summed E-state index contributed by atoms with van der Waals surface area (Å²) in [6.07, 6.45) is 4.30. The fourth-order valence-corrected chi connectivity index (χ4v) is 10.2. The summed E-state index contributed by atoms with van der Waals surface area (Å²) < 4.78 is 36.6. The molecule has 0 aromatic heterocycles. The molecule has 1 spiro atoms. The summed E-state index contributed by atoms with van der Waals surface area (Å²) in [7, 11) is -2.10. The van der Waals surface area contributed by atoms with E-state index in [9.17, 15) is 27.6 Å². The van der Waals surface area contributed by atoms with E-state index in [1.165, 1.54) is 7.11 Å². The Labute approximate surface area is 321 Å². The zero-order valence-electron chi connectivity index (χ0n) is 31.5. The molecule has 4 fully saturated rings. The summed E-state index contributed by atoms with van der Waals surface area (Å²) in [4.78, 5) is 60.3. The number of rotatable bonds is 11. The number of piperidine rings is 1. The first-order valence-corrected chi connectivity index (χ1v) is 21.1. The van der Waals surface area contributed by atoms with Crippen LogP contribution in [0.5, 0.6) is 11.5 Å². The number of sulfone groups is 1. The molecule has 8 rings (SSSR count). The van der Waals surface area contributed by atoms with Crippen molar-refractivity contribution in [3.63, 3.8) is 0 Å². The zero-order valence-corrected chi connectivity index (χ0v) is 32.3. The van der Waals surface area contributed by atoms with Crippen LogP contribution in [-0.4, -0.2) is 113 Å². The minimum Gasteiger partial charge on any atom is -0.493 e. The molecule has 14 heteroatoms. The molecule has 290 valence electrons. The molecule has 4 heterocycles. The van der Waals surface area contributed by atoms with Gasteiger partial charge in [0, 0.05) is 69.1 Å². The van der Waals surface area contributed by atoms with E-state index < -0.39 is 33.4 Å². The van der Waals surface area contributed by atoms with Crippen LogP contribution in [0.15, 0.2) is 60.7 Å². The quantitative estimate of drug-likeness (QED) is 0.285. The van der Waals surface area contributed by atoms with Crippen LogP contribution in [-0.2, 0) is 19.4 Å². The average molecular weight is 770 g/mol. The molecule has 3 saturated heterocycles. The largest absolute Gasteiger partial charge is 0.493 e. The number of fused-ring (bicyclic) bond motifs is 1. The van der Waals surface area contributed by atoms with Crippen LogP contribution < -0.4 is 24.6 Å². The summed E-state index contributed by atoms with van der Waals surface area (Å²) in [6, 6.07) is 18.0. The number of anilines is 2. The lowest BCUT2D eigenvalue weighted by molar-refractivity contribution is -0.134. The summed E-state index contributed by atoms with van der Waals surface area (Å²) in [6.45, 7) is 7.28. The number of hydrogen-bond donors (Lipinski definition) is 1. The van der Waals surface area contributed by atoms with Gasteiger partial charge in [-0.2, -0.15) is 0 Å². The van der Waals surface area contributed by atoms with E-state index in [4.69, 9.17) is 9.47 Å². The fraction of sp³-hybridized carbons (Fsp3) is 0.463. The number of carbonyl (C=O) groups excluding carboxylic acids is 4. The van der Waals surface area contributed by atoms with Gasteiger partial charge in [0.1, 0.15) is 9.84 Å². The van der Waals surface area contributed by atoms with Gasteiger partial charge >= 0.3 is 0 Å². The molecule has 55 heavy (non-hydrogen) atoms. The molecule has 3 aromatic carbocycles. The number of nitrogens with one attached hydrogen (secondary N) is 1. The van der Waals surface area contributed by atoms with Gasteiger partial charge in [0.05, 0.1) is 48.2 Å². The van der Waals surface area contributed by atoms with Crippen molar-refractivity contribution >= 4 is 44.8 Å². The summed E-state index contributed by atoms with van der Waals surface area (Å²) in [5.41, 5.74) is 4.18. The molecule has 1 saturated carbocycles. The molecule has 4 amide bonds. The van der Waals surface area contributed by atoms with Crippen molar-refractivity contribution in [2.75, 3.05) is 74.8 Å². The van der Waals surface area contributed by atoms with E-state index in [2.05, 4.69) is 32.1 Å². The lowest BCUT2D eigenvalue weighted by atomic mass is 9.60. The van der Waals surface area contributed by atoms with Gasteiger partial charge in [-0.15, -0.1) is 0 Å². The van der Waals surface area contributed by atoms with Crippen molar-refractivity contribution in [2.45, 2.75) is 50.6 Å². The molecule has 2 atom stereocenters. The average Bonchev–Trinajstić information content (AvgIpc) is 3.38. The van der Waals surface area contributed by atoms with Crippen molar-refractivity contribution in [1.29, 1.82) is 0 Å². The number of carbonyl (C=O) groups is 4. The number of methoxy groups -OCH3 is 1. The van der Waals surface area contributed by atoms with Crippen LogP contribution >= 0.6 is 0 Å². The molecular formula is C41H47N5O8S. The Balaban J connectivity index is 0.897. The van der Waals surface area contributed by atoms with Crippen LogP contribution in [0.2, 0.25) is 0 Å². The number of amides is 4. The third-order valence-electron chi connectivity index (χ3n) is 12.0. The summed E-state index contributed by atoms with van der Waals surface area (Å²) in [5.74, 6) is -1.26. The highest BCUT2D eigenvalue weighted by Crippen LogP contribution is 2.52.